The standard InChI is InChI=1S/C8H6F5O2PS/c1-14-16(17,15-2)8-6(12)4(10)3(9)5(11)7(8)13/h1-2H3. The molecular formula is C8H6F5O2PS. The maximum atomic E-state index is 13.4. The molecule has 0 radical (unpaired) electrons. The van der Waals surface area contributed by atoms with Gasteiger partial charge in [0.25, 0.3) is 0 Å². The van der Waals surface area contributed by atoms with Gasteiger partial charge < -0.3 is 9.05 Å². The fourth-order valence-corrected chi connectivity index (χ4v) is 2.76. The summed E-state index contributed by atoms with van der Waals surface area (Å²) in [6.45, 7) is -3.75. The molecule has 0 saturated carbocycles. The Balaban J connectivity index is 3.72. The predicted molar refractivity (Wildman–Crippen MR) is 54.2 cm³/mol. The van der Waals surface area contributed by atoms with Crippen LogP contribution >= 0.6 is 6.49 Å². The Morgan fingerprint density at radius 3 is 1.35 bits per heavy atom. The average Bonchev–Trinajstić information content (AvgIpc) is 2.33. The maximum absolute atomic E-state index is 13.4. The molecule has 0 saturated heterocycles. The van der Waals surface area contributed by atoms with Crippen molar-refractivity contribution in [2.24, 2.45) is 0 Å². The van der Waals surface area contributed by atoms with Gasteiger partial charge in [-0.25, -0.2) is 22.0 Å². The second-order valence-corrected chi connectivity index (χ2v) is 6.40. The monoisotopic (exact) mass is 292 g/mol. The van der Waals surface area contributed by atoms with E-state index in [0.717, 1.165) is 14.2 Å². The van der Waals surface area contributed by atoms with Crippen LogP contribution in [-0.2, 0) is 20.9 Å². The molecule has 2 nitrogen and oxygen atoms in total. The number of benzene rings is 1. The first-order chi connectivity index (χ1) is 7.80. The third-order valence-electron chi connectivity index (χ3n) is 1.94. The van der Waals surface area contributed by atoms with Crippen molar-refractivity contribution in [2.75, 3.05) is 14.2 Å². The molecule has 1 rings (SSSR count). The van der Waals surface area contributed by atoms with Gasteiger partial charge in [0.05, 0.1) is 0 Å². The molecule has 0 fully saturated rings. The van der Waals surface area contributed by atoms with Gasteiger partial charge in [-0.1, -0.05) is 0 Å². The summed E-state index contributed by atoms with van der Waals surface area (Å²) in [5, 5.41) is -1.24. The topological polar surface area (TPSA) is 18.5 Å². The summed E-state index contributed by atoms with van der Waals surface area (Å²) in [4.78, 5) is 0. The van der Waals surface area contributed by atoms with Crippen molar-refractivity contribution in [3.05, 3.63) is 29.1 Å². The van der Waals surface area contributed by atoms with Crippen LogP contribution < -0.4 is 5.30 Å². The number of hydrogen-bond donors (Lipinski definition) is 0. The molecule has 0 bridgehead atoms. The van der Waals surface area contributed by atoms with Crippen LogP contribution in [0.25, 0.3) is 0 Å². The van der Waals surface area contributed by atoms with Crippen molar-refractivity contribution in [1.82, 2.24) is 0 Å². The smallest absolute Gasteiger partial charge is 0.225 e. The summed E-state index contributed by atoms with van der Waals surface area (Å²) < 4.78 is 74.4. The zero-order valence-electron chi connectivity index (χ0n) is 8.56. The van der Waals surface area contributed by atoms with Gasteiger partial charge in [0.2, 0.25) is 12.3 Å². The van der Waals surface area contributed by atoms with E-state index in [1.807, 2.05) is 0 Å². The van der Waals surface area contributed by atoms with E-state index in [9.17, 15) is 22.0 Å². The highest BCUT2D eigenvalue weighted by atomic mass is 32.5. The molecule has 0 atom stereocenters. The number of rotatable bonds is 3. The first kappa shape index (κ1) is 14.5. The summed E-state index contributed by atoms with van der Waals surface area (Å²) in [5.41, 5.74) is 0. The normalized spacial score (nSPS) is 11.9. The maximum Gasteiger partial charge on any atom is 0.225 e. The summed E-state index contributed by atoms with van der Waals surface area (Å²) in [6, 6.07) is 0. The van der Waals surface area contributed by atoms with Gasteiger partial charge >= 0.3 is 0 Å². The van der Waals surface area contributed by atoms with Crippen LogP contribution in [0.1, 0.15) is 0 Å². The first-order valence-corrected chi connectivity index (χ1v) is 6.67. The third kappa shape index (κ3) is 2.22. The fourth-order valence-electron chi connectivity index (χ4n) is 1.09. The van der Waals surface area contributed by atoms with Crippen LogP contribution in [0.5, 0.6) is 0 Å². The molecule has 0 aromatic heterocycles. The highest BCUT2D eigenvalue weighted by molar-refractivity contribution is 8.13. The zero-order valence-corrected chi connectivity index (χ0v) is 10.3. The van der Waals surface area contributed by atoms with Crippen LogP contribution in [-0.4, -0.2) is 14.2 Å². The highest BCUT2D eigenvalue weighted by Gasteiger charge is 2.35. The molecule has 0 amide bonds. The predicted octanol–water partition coefficient (Wildman–Crippen LogP) is 2.61. The molecule has 0 aliphatic heterocycles. The molecule has 0 heterocycles. The van der Waals surface area contributed by atoms with E-state index in [1.54, 1.807) is 0 Å². The molecule has 1 aromatic rings. The van der Waals surface area contributed by atoms with E-state index in [4.69, 9.17) is 0 Å². The second-order valence-electron chi connectivity index (χ2n) is 2.78. The van der Waals surface area contributed by atoms with Crippen molar-refractivity contribution in [3.8, 4) is 0 Å². The largest absolute Gasteiger partial charge is 0.329 e. The molecule has 96 valence electrons. The summed E-state index contributed by atoms with van der Waals surface area (Å²) >= 11 is 4.64. The van der Waals surface area contributed by atoms with Gasteiger partial charge in [-0.15, -0.1) is 0 Å². The van der Waals surface area contributed by atoms with Crippen LogP contribution in [0.15, 0.2) is 0 Å². The molecule has 0 spiro atoms. The Bertz CT molecular complexity index is 470. The molecule has 0 N–H and O–H groups in total. The minimum atomic E-state index is -3.75. The van der Waals surface area contributed by atoms with Crippen molar-refractivity contribution in [3.63, 3.8) is 0 Å². The van der Waals surface area contributed by atoms with Crippen LogP contribution in [0.3, 0.4) is 0 Å². The lowest BCUT2D eigenvalue weighted by Crippen LogP contribution is -2.22. The second kappa shape index (κ2) is 4.97. The minimum absolute atomic E-state index is 0.961. The molecule has 1 aromatic carbocycles. The summed E-state index contributed by atoms with van der Waals surface area (Å²) in [5.74, 6) is -10.5. The van der Waals surface area contributed by atoms with Crippen molar-refractivity contribution < 1.29 is 31.0 Å². The molecule has 0 aliphatic rings. The minimum Gasteiger partial charge on any atom is -0.329 e. The lowest BCUT2D eigenvalue weighted by Gasteiger charge is -2.19. The number of hydrogen-bond acceptors (Lipinski definition) is 3. The van der Waals surface area contributed by atoms with Crippen LogP contribution in [0.4, 0.5) is 22.0 Å². The Morgan fingerprint density at radius 2 is 1.06 bits per heavy atom. The Hall–Kier alpha value is -0.560. The fraction of sp³-hybridized carbons (Fsp3) is 0.250. The van der Waals surface area contributed by atoms with E-state index >= 15 is 0 Å². The lowest BCUT2D eigenvalue weighted by atomic mass is 10.3. The SMILES string of the molecule is COP(=S)(OC)c1c(F)c(F)c(F)c(F)c1F. The lowest BCUT2D eigenvalue weighted by molar-refractivity contribution is 0.339. The molecule has 9 heteroatoms. The van der Waals surface area contributed by atoms with Gasteiger partial charge in [0, 0.05) is 14.2 Å². The molecule has 0 aliphatic carbocycles. The van der Waals surface area contributed by atoms with E-state index in [1.165, 1.54) is 0 Å². The summed E-state index contributed by atoms with van der Waals surface area (Å²) in [6.07, 6.45) is 0. The molecule has 0 unspecified atom stereocenters. The van der Waals surface area contributed by atoms with Crippen molar-refractivity contribution in [1.29, 1.82) is 0 Å². The summed E-state index contributed by atoms with van der Waals surface area (Å²) in [7, 11) is 1.92. The third-order valence-corrected chi connectivity index (χ3v) is 5.29. The van der Waals surface area contributed by atoms with Crippen molar-refractivity contribution >= 4 is 23.6 Å². The van der Waals surface area contributed by atoms with E-state index < -0.39 is 40.9 Å². The Kier molecular flexibility index (Phi) is 4.24. The van der Waals surface area contributed by atoms with E-state index in [2.05, 4.69) is 20.9 Å². The molecular weight excluding hydrogens is 286 g/mol. The van der Waals surface area contributed by atoms with Gasteiger partial charge in [0.15, 0.2) is 23.3 Å². The van der Waals surface area contributed by atoms with Gasteiger partial charge in [-0.05, 0) is 11.8 Å². The van der Waals surface area contributed by atoms with Gasteiger partial charge in [0.1, 0.15) is 5.30 Å². The Labute approximate surface area is 98.5 Å². The first-order valence-electron chi connectivity index (χ1n) is 4.03. The van der Waals surface area contributed by atoms with Crippen LogP contribution in [0.2, 0.25) is 0 Å². The van der Waals surface area contributed by atoms with E-state index in [-0.39, 0.29) is 0 Å². The quantitative estimate of drug-likeness (QED) is 0.369. The van der Waals surface area contributed by atoms with Gasteiger partial charge in [-0.3, -0.25) is 0 Å². The zero-order chi connectivity index (χ0) is 13.4. The highest BCUT2D eigenvalue weighted by Crippen LogP contribution is 2.47. The Morgan fingerprint density at radius 1 is 0.765 bits per heavy atom. The van der Waals surface area contributed by atoms with Crippen LogP contribution in [0, 0.1) is 29.1 Å². The average molecular weight is 292 g/mol. The molecule has 17 heavy (non-hydrogen) atoms. The van der Waals surface area contributed by atoms with Gasteiger partial charge in [-0.2, -0.15) is 0 Å². The van der Waals surface area contributed by atoms with Crippen molar-refractivity contribution in [2.45, 2.75) is 0 Å². The number of halogens is 5. The van der Waals surface area contributed by atoms with E-state index in [0.29, 0.717) is 0 Å².